The Kier molecular flexibility index (Phi) is 4.58. The Morgan fingerprint density at radius 1 is 1.47 bits per heavy atom. The molecule has 1 aromatic rings. The van der Waals surface area contributed by atoms with E-state index in [1.54, 1.807) is 25.3 Å². The smallest absolute Gasteiger partial charge is 0.251 e. The highest BCUT2D eigenvalue weighted by molar-refractivity contribution is 7.99. The van der Waals surface area contributed by atoms with Crippen LogP contribution in [-0.2, 0) is 0 Å². The maximum absolute atomic E-state index is 12.2. The number of hydrogen-bond acceptors (Lipinski definition) is 4. The first kappa shape index (κ1) is 14.1. The van der Waals surface area contributed by atoms with E-state index in [2.05, 4.69) is 11.6 Å². The number of anilines is 1. The molecule has 0 heterocycles. The number of rotatable bonds is 4. The van der Waals surface area contributed by atoms with E-state index < -0.39 is 0 Å². The number of hydrogen-bond donors (Lipinski definition) is 2. The van der Waals surface area contributed by atoms with Gasteiger partial charge in [-0.05, 0) is 37.3 Å². The fraction of sp³-hybridized carbons (Fsp3) is 0.500. The molecule has 4 nitrogen and oxygen atoms in total. The number of thioether (sulfide) groups is 1. The first-order chi connectivity index (χ1) is 9.15. The van der Waals surface area contributed by atoms with Gasteiger partial charge in [-0.25, -0.2) is 0 Å². The Morgan fingerprint density at radius 2 is 2.26 bits per heavy atom. The number of ether oxygens (including phenoxy) is 1. The van der Waals surface area contributed by atoms with Gasteiger partial charge >= 0.3 is 0 Å². The summed E-state index contributed by atoms with van der Waals surface area (Å²) in [5, 5.41) is 3.63. The van der Waals surface area contributed by atoms with Crippen LogP contribution in [0.4, 0.5) is 5.69 Å². The van der Waals surface area contributed by atoms with Crippen molar-refractivity contribution in [3.63, 3.8) is 0 Å². The molecule has 1 aliphatic carbocycles. The van der Waals surface area contributed by atoms with Crippen LogP contribution < -0.4 is 15.8 Å². The third kappa shape index (κ3) is 3.15. The zero-order valence-electron chi connectivity index (χ0n) is 11.3. The molecule has 2 atom stereocenters. The summed E-state index contributed by atoms with van der Waals surface area (Å²) >= 11 is 1.83. The maximum atomic E-state index is 12.2. The van der Waals surface area contributed by atoms with Gasteiger partial charge in [-0.2, -0.15) is 11.8 Å². The molecule has 2 rings (SSSR count). The molecule has 0 aromatic heterocycles. The minimum Gasteiger partial charge on any atom is -0.495 e. The van der Waals surface area contributed by atoms with E-state index in [9.17, 15) is 4.79 Å². The molecule has 104 valence electrons. The number of nitrogen functional groups attached to an aromatic ring is 1. The average molecular weight is 280 g/mol. The maximum Gasteiger partial charge on any atom is 0.251 e. The summed E-state index contributed by atoms with van der Waals surface area (Å²) in [6.45, 7) is 0. The van der Waals surface area contributed by atoms with Crippen molar-refractivity contribution >= 4 is 23.4 Å². The molecule has 1 saturated carbocycles. The van der Waals surface area contributed by atoms with Crippen molar-refractivity contribution in [2.45, 2.75) is 30.6 Å². The van der Waals surface area contributed by atoms with E-state index in [0.717, 1.165) is 6.42 Å². The van der Waals surface area contributed by atoms with E-state index in [0.29, 0.717) is 22.3 Å². The highest BCUT2D eigenvalue weighted by atomic mass is 32.2. The third-order valence-electron chi connectivity index (χ3n) is 3.56. The van der Waals surface area contributed by atoms with Gasteiger partial charge in [0.15, 0.2) is 0 Å². The first-order valence-corrected chi connectivity index (χ1v) is 7.71. The Balaban J connectivity index is 2.05. The Morgan fingerprint density at radius 3 is 2.89 bits per heavy atom. The standard InChI is InChI=1S/C14H20N2O2S/c1-18-12-7-6-9(8-10(12)15)14(17)16-11-4-3-5-13(11)19-2/h6-8,11,13H,3-5,15H2,1-2H3,(H,16,17). The van der Waals surface area contributed by atoms with E-state index in [1.807, 2.05) is 11.8 Å². The van der Waals surface area contributed by atoms with Crippen molar-refractivity contribution in [3.05, 3.63) is 23.8 Å². The molecule has 0 bridgehead atoms. The van der Waals surface area contributed by atoms with Crippen LogP contribution in [-0.4, -0.2) is 30.6 Å². The van der Waals surface area contributed by atoms with Crippen LogP contribution >= 0.6 is 11.8 Å². The lowest BCUT2D eigenvalue weighted by Gasteiger charge is -2.19. The van der Waals surface area contributed by atoms with Crippen molar-refractivity contribution in [2.75, 3.05) is 19.1 Å². The van der Waals surface area contributed by atoms with Gasteiger partial charge in [-0.3, -0.25) is 4.79 Å². The average Bonchev–Trinajstić information content (AvgIpc) is 2.85. The lowest BCUT2D eigenvalue weighted by atomic mass is 10.1. The van der Waals surface area contributed by atoms with E-state index in [4.69, 9.17) is 10.5 Å². The summed E-state index contributed by atoms with van der Waals surface area (Å²) in [5.74, 6) is 0.541. The van der Waals surface area contributed by atoms with Gasteiger partial charge in [0.2, 0.25) is 0 Å². The highest BCUT2D eigenvalue weighted by Crippen LogP contribution is 2.29. The summed E-state index contributed by atoms with van der Waals surface area (Å²) in [4.78, 5) is 12.2. The highest BCUT2D eigenvalue weighted by Gasteiger charge is 2.28. The molecule has 2 unspecified atom stereocenters. The van der Waals surface area contributed by atoms with Crippen LogP contribution in [0.5, 0.6) is 5.75 Å². The van der Waals surface area contributed by atoms with Crippen molar-refractivity contribution in [1.29, 1.82) is 0 Å². The Labute approximate surface area is 118 Å². The fourth-order valence-corrected chi connectivity index (χ4v) is 3.44. The molecule has 0 spiro atoms. The quantitative estimate of drug-likeness (QED) is 0.831. The normalized spacial score (nSPS) is 22.2. The molecule has 1 aromatic carbocycles. The molecular formula is C14H20N2O2S. The topological polar surface area (TPSA) is 64.3 Å². The lowest BCUT2D eigenvalue weighted by molar-refractivity contribution is 0.0938. The van der Waals surface area contributed by atoms with Gasteiger partial charge in [0, 0.05) is 16.9 Å². The second kappa shape index (κ2) is 6.19. The van der Waals surface area contributed by atoms with Crippen LogP contribution in [0.15, 0.2) is 18.2 Å². The largest absolute Gasteiger partial charge is 0.495 e. The SMILES string of the molecule is COc1ccc(C(=O)NC2CCCC2SC)cc1N. The number of benzene rings is 1. The van der Waals surface area contributed by atoms with Crippen LogP contribution in [0.1, 0.15) is 29.6 Å². The molecule has 1 fully saturated rings. The number of nitrogens with two attached hydrogens (primary N) is 1. The third-order valence-corrected chi connectivity index (χ3v) is 4.73. The molecule has 1 amide bonds. The summed E-state index contributed by atoms with van der Waals surface area (Å²) < 4.78 is 5.09. The van der Waals surface area contributed by atoms with E-state index in [1.165, 1.54) is 12.8 Å². The van der Waals surface area contributed by atoms with Gasteiger partial charge in [-0.15, -0.1) is 0 Å². The minimum absolute atomic E-state index is 0.0553. The van der Waals surface area contributed by atoms with Crippen molar-refractivity contribution in [1.82, 2.24) is 5.32 Å². The molecular weight excluding hydrogens is 260 g/mol. The fourth-order valence-electron chi connectivity index (χ4n) is 2.50. The molecule has 0 radical (unpaired) electrons. The predicted octanol–water partition coefficient (Wildman–Crippen LogP) is 2.29. The van der Waals surface area contributed by atoms with Crippen LogP contribution in [0, 0.1) is 0 Å². The van der Waals surface area contributed by atoms with Crippen molar-refractivity contribution in [2.24, 2.45) is 0 Å². The van der Waals surface area contributed by atoms with Gasteiger partial charge in [0.05, 0.1) is 12.8 Å². The zero-order chi connectivity index (χ0) is 13.8. The van der Waals surface area contributed by atoms with Gasteiger partial charge in [0.1, 0.15) is 5.75 Å². The molecule has 3 N–H and O–H groups in total. The van der Waals surface area contributed by atoms with Crippen LogP contribution in [0.3, 0.4) is 0 Å². The van der Waals surface area contributed by atoms with Crippen molar-refractivity contribution < 1.29 is 9.53 Å². The summed E-state index contributed by atoms with van der Waals surface area (Å²) in [5.41, 5.74) is 6.90. The summed E-state index contributed by atoms with van der Waals surface area (Å²) in [6.07, 6.45) is 5.52. The second-order valence-electron chi connectivity index (χ2n) is 4.74. The second-order valence-corrected chi connectivity index (χ2v) is 5.82. The summed E-state index contributed by atoms with van der Waals surface area (Å²) in [7, 11) is 1.56. The number of carbonyl (C=O) groups excluding carboxylic acids is 1. The minimum atomic E-state index is -0.0553. The number of methoxy groups -OCH3 is 1. The molecule has 0 aliphatic heterocycles. The molecule has 19 heavy (non-hydrogen) atoms. The number of amides is 1. The molecule has 5 heteroatoms. The first-order valence-electron chi connectivity index (χ1n) is 6.43. The predicted molar refractivity (Wildman–Crippen MR) is 79.8 cm³/mol. The van der Waals surface area contributed by atoms with E-state index >= 15 is 0 Å². The van der Waals surface area contributed by atoms with Gasteiger partial charge in [0.25, 0.3) is 5.91 Å². The Hall–Kier alpha value is -1.36. The van der Waals surface area contributed by atoms with Crippen molar-refractivity contribution in [3.8, 4) is 5.75 Å². The number of nitrogens with one attached hydrogen (secondary N) is 1. The van der Waals surface area contributed by atoms with Gasteiger partial charge < -0.3 is 15.8 Å². The zero-order valence-corrected chi connectivity index (χ0v) is 12.1. The number of carbonyl (C=O) groups is 1. The van der Waals surface area contributed by atoms with Crippen LogP contribution in [0.25, 0.3) is 0 Å². The molecule has 1 aliphatic rings. The Bertz CT molecular complexity index is 465. The van der Waals surface area contributed by atoms with E-state index in [-0.39, 0.29) is 11.9 Å². The van der Waals surface area contributed by atoms with Gasteiger partial charge in [-0.1, -0.05) is 6.42 Å². The molecule has 0 saturated heterocycles. The monoisotopic (exact) mass is 280 g/mol. The lowest BCUT2D eigenvalue weighted by Crippen LogP contribution is -2.38. The summed E-state index contributed by atoms with van der Waals surface area (Å²) in [6, 6.07) is 5.40. The van der Waals surface area contributed by atoms with Crippen LogP contribution in [0.2, 0.25) is 0 Å².